The van der Waals surface area contributed by atoms with Gasteiger partial charge in [-0.05, 0) is 27.7 Å². The highest BCUT2D eigenvalue weighted by atomic mass is 16.6. The van der Waals surface area contributed by atoms with Crippen molar-refractivity contribution in [2.45, 2.75) is 38.9 Å². The summed E-state index contributed by atoms with van der Waals surface area (Å²) in [4.78, 5) is 13.6. The fourth-order valence-electron chi connectivity index (χ4n) is 1.87. The van der Waals surface area contributed by atoms with E-state index in [-0.39, 0.29) is 6.54 Å². The Labute approximate surface area is 115 Å². The van der Waals surface area contributed by atoms with E-state index in [1.54, 1.807) is 27.7 Å². The van der Waals surface area contributed by atoms with Gasteiger partial charge in [0.1, 0.15) is 5.60 Å². The van der Waals surface area contributed by atoms with Gasteiger partial charge in [-0.25, -0.2) is 4.79 Å². The number of hydrogen-bond acceptors (Lipinski definition) is 5. The number of carbonyl (C=O) groups is 1. The molecule has 6 heteroatoms. The Bertz CT molecular complexity index is 294. The summed E-state index contributed by atoms with van der Waals surface area (Å²) >= 11 is 0. The quantitative estimate of drug-likeness (QED) is 0.785. The minimum Gasteiger partial charge on any atom is -0.444 e. The Balaban J connectivity index is 2.31. The van der Waals surface area contributed by atoms with Crippen LogP contribution in [-0.4, -0.2) is 66.7 Å². The summed E-state index contributed by atoms with van der Waals surface area (Å²) in [5.74, 6) is 0. The molecule has 1 unspecified atom stereocenters. The maximum atomic E-state index is 11.5. The van der Waals surface area contributed by atoms with Gasteiger partial charge in [0.2, 0.25) is 0 Å². The molecular weight excluding hydrogens is 248 g/mol. The first-order chi connectivity index (χ1) is 8.68. The molecule has 1 aliphatic rings. The van der Waals surface area contributed by atoms with Crippen molar-refractivity contribution >= 4 is 6.09 Å². The molecular formula is C13H26N2O4. The molecule has 1 fully saturated rings. The van der Waals surface area contributed by atoms with Gasteiger partial charge in [0, 0.05) is 19.6 Å². The Hall–Kier alpha value is -0.850. The average Bonchev–Trinajstić information content (AvgIpc) is 2.25. The van der Waals surface area contributed by atoms with Crippen LogP contribution < -0.4 is 5.32 Å². The Morgan fingerprint density at radius 2 is 1.89 bits per heavy atom. The highest BCUT2D eigenvalue weighted by Crippen LogP contribution is 2.09. The highest BCUT2D eigenvalue weighted by molar-refractivity contribution is 5.67. The molecule has 0 aromatic rings. The predicted molar refractivity (Wildman–Crippen MR) is 72.1 cm³/mol. The number of rotatable bonds is 4. The Morgan fingerprint density at radius 1 is 1.32 bits per heavy atom. The van der Waals surface area contributed by atoms with Crippen molar-refractivity contribution in [2.75, 3.05) is 39.4 Å². The van der Waals surface area contributed by atoms with E-state index in [1.165, 1.54) is 0 Å². The van der Waals surface area contributed by atoms with Crippen LogP contribution in [0.4, 0.5) is 4.79 Å². The minimum absolute atomic E-state index is 0.166. The first-order valence-corrected chi connectivity index (χ1v) is 6.67. The third kappa shape index (κ3) is 7.34. The molecule has 0 radical (unpaired) electrons. The molecule has 0 bridgehead atoms. The minimum atomic E-state index is -0.978. The van der Waals surface area contributed by atoms with Crippen LogP contribution in [0.25, 0.3) is 0 Å². The van der Waals surface area contributed by atoms with Gasteiger partial charge in [-0.1, -0.05) is 0 Å². The first kappa shape index (κ1) is 16.2. The van der Waals surface area contributed by atoms with E-state index in [0.29, 0.717) is 19.8 Å². The van der Waals surface area contributed by atoms with Crippen LogP contribution in [0.1, 0.15) is 27.7 Å². The molecule has 1 heterocycles. The maximum Gasteiger partial charge on any atom is 0.407 e. The second-order valence-electron chi connectivity index (χ2n) is 6.24. The topological polar surface area (TPSA) is 71.0 Å². The average molecular weight is 274 g/mol. The number of ether oxygens (including phenoxy) is 2. The normalized spacial score (nSPS) is 20.7. The van der Waals surface area contributed by atoms with Gasteiger partial charge in [-0.15, -0.1) is 0 Å². The van der Waals surface area contributed by atoms with Crippen molar-refractivity contribution in [1.82, 2.24) is 10.2 Å². The number of alkyl carbamates (subject to hydrolysis) is 1. The van der Waals surface area contributed by atoms with Gasteiger partial charge in [-0.3, -0.25) is 4.90 Å². The molecule has 0 aromatic heterocycles. The fourth-order valence-corrected chi connectivity index (χ4v) is 1.87. The van der Waals surface area contributed by atoms with Crippen LogP contribution in [0.15, 0.2) is 0 Å². The largest absolute Gasteiger partial charge is 0.444 e. The van der Waals surface area contributed by atoms with Gasteiger partial charge in [0.05, 0.1) is 25.4 Å². The van der Waals surface area contributed by atoms with Crippen LogP contribution >= 0.6 is 0 Å². The molecule has 0 spiro atoms. The molecule has 1 rings (SSSR count). The van der Waals surface area contributed by atoms with Gasteiger partial charge in [0.15, 0.2) is 0 Å². The van der Waals surface area contributed by atoms with E-state index in [0.717, 1.165) is 13.1 Å². The third-order valence-electron chi connectivity index (χ3n) is 2.68. The van der Waals surface area contributed by atoms with E-state index in [4.69, 9.17) is 9.47 Å². The van der Waals surface area contributed by atoms with Gasteiger partial charge >= 0.3 is 6.09 Å². The maximum absolute atomic E-state index is 11.5. The van der Waals surface area contributed by atoms with Crippen molar-refractivity contribution in [3.05, 3.63) is 0 Å². The summed E-state index contributed by atoms with van der Waals surface area (Å²) in [5, 5.41) is 12.9. The summed E-state index contributed by atoms with van der Waals surface area (Å²) in [6, 6.07) is 0. The zero-order chi connectivity index (χ0) is 14.5. The number of morpholine rings is 1. The second kappa shape index (κ2) is 6.54. The molecule has 1 atom stereocenters. The lowest BCUT2D eigenvalue weighted by molar-refractivity contribution is -0.0236. The number of aliphatic hydroxyl groups is 1. The van der Waals surface area contributed by atoms with Crippen LogP contribution in [0, 0.1) is 0 Å². The summed E-state index contributed by atoms with van der Waals surface area (Å²) in [7, 11) is 0. The molecule has 112 valence electrons. The third-order valence-corrected chi connectivity index (χ3v) is 2.68. The molecule has 0 aliphatic carbocycles. The van der Waals surface area contributed by atoms with Crippen LogP contribution in [0.3, 0.4) is 0 Å². The van der Waals surface area contributed by atoms with Crippen LogP contribution in [0.5, 0.6) is 0 Å². The molecule has 2 N–H and O–H groups in total. The molecule has 1 amide bonds. The van der Waals surface area contributed by atoms with Gasteiger partial charge in [0.25, 0.3) is 0 Å². The Morgan fingerprint density at radius 3 is 2.42 bits per heavy atom. The number of amides is 1. The summed E-state index contributed by atoms with van der Waals surface area (Å²) in [6.45, 7) is 10.8. The van der Waals surface area contributed by atoms with E-state index >= 15 is 0 Å². The number of β-amino-alcohol motifs (C(OH)–C–C–N with tert-alkyl or cyclic N) is 1. The zero-order valence-corrected chi connectivity index (χ0v) is 12.4. The lowest BCUT2D eigenvalue weighted by Crippen LogP contribution is -2.51. The molecule has 0 saturated carbocycles. The lowest BCUT2D eigenvalue weighted by Gasteiger charge is -2.34. The van der Waals surface area contributed by atoms with Crippen molar-refractivity contribution in [2.24, 2.45) is 0 Å². The summed E-state index contributed by atoms with van der Waals surface area (Å²) in [6.07, 6.45) is -0.505. The lowest BCUT2D eigenvalue weighted by atomic mass is 10.1. The SMILES string of the molecule is CC(O)(CNC(=O)OC(C)(C)C)CN1CCOCC1. The smallest absolute Gasteiger partial charge is 0.407 e. The zero-order valence-electron chi connectivity index (χ0n) is 12.4. The number of carbonyl (C=O) groups excluding carboxylic acids is 1. The number of nitrogens with one attached hydrogen (secondary N) is 1. The standard InChI is InChI=1S/C13H26N2O4/c1-12(2,3)19-11(16)14-9-13(4,17)10-15-5-7-18-8-6-15/h17H,5-10H2,1-4H3,(H,14,16). The molecule has 1 saturated heterocycles. The van der Waals surface area contributed by atoms with Gasteiger partial charge < -0.3 is 19.9 Å². The first-order valence-electron chi connectivity index (χ1n) is 6.67. The van der Waals surface area contributed by atoms with Crippen LogP contribution in [-0.2, 0) is 9.47 Å². The van der Waals surface area contributed by atoms with E-state index in [1.807, 2.05) is 0 Å². The van der Waals surface area contributed by atoms with Crippen molar-refractivity contribution < 1.29 is 19.4 Å². The monoisotopic (exact) mass is 274 g/mol. The molecule has 19 heavy (non-hydrogen) atoms. The van der Waals surface area contributed by atoms with Crippen LogP contribution in [0.2, 0.25) is 0 Å². The molecule has 6 nitrogen and oxygen atoms in total. The summed E-state index contributed by atoms with van der Waals surface area (Å²) < 4.78 is 10.4. The van der Waals surface area contributed by atoms with Crippen molar-refractivity contribution in [3.8, 4) is 0 Å². The van der Waals surface area contributed by atoms with Crippen molar-refractivity contribution in [1.29, 1.82) is 0 Å². The molecule has 0 aromatic carbocycles. The predicted octanol–water partition coefficient (Wildman–Crippen LogP) is 0.594. The summed E-state index contributed by atoms with van der Waals surface area (Å²) in [5.41, 5.74) is -1.51. The fraction of sp³-hybridized carbons (Fsp3) is 0.923. The van der Waals surface area contributed by atoms with E-state index < -0.39 is 17.3 Å². The van der Waals surface area contributed by atoms with E-state index in [2.05, 4.69) is 10.2 Å². The number of hydrogen-bond donors (Lipinski definition) is 2. The Kier molecular flexibility index (Phi) is 5.58. The highest BCUT2D eigenvalue weighted by Gasteiger charge is 2.26. The second-order valence-corrected chi connectivity index (χ2v) is 6.24. The number of nitrogens with zero attached hydrogens (tertiary/aromatic N) is 1. The van der Waals surface area contributed by atoms with E-state index in [9.17, 15) is 9.90 Å². The molecule has 1 aliphatic heterocycles. The van der Waals surface area contributed by atoms with Gasteiger partial charge in [-0.2, -0.15) is 0 Å². The van der Waals surface area contributed by atoms with Crippen molar-refractivity contribution in [3.63, 3.8) is 0 Å².